The minimum atomic E-state index is -0.445. The largest absolute Gasteiger partial charge is 0.481 e. The van der Waals surface area contributed by atoms with Gasteiger partial charge in [-0.3, -0.25) is 4.79 Å². The number of hydrogen-bond acceptors (Lipinski definition) is 3. The minimum absolute atomic E-state index is 0.00458. The van der Waals surface area contributed by atoms with E-state index in [1.54, 1.807) is 0 Å². The van der Waals surface area contributed by atoms with Crippen LogP contribution in [0, 0.1) is 0 Å². The Labute approximate surface area is 132 Å². The van der Waals surface area contributed by atoms with Crippen molar-refractivity contribution in [3.05, 3.63) is 29.3 Å². The molecule has 4 nitrogen and oxygen atoms in total. The minimum Gasteiger partial charge on any atom is -0.481 e. The Balaban J connectivity index is 1.52. The molecule has 2 aliphatic rings. The summed E-state index contributed by atoms with van der Waals surface area (Å²) in [5, 5.41) is 3.12. The van der Waals surface area contributed by atoms with Gasteiger partial charge in [0.05, 0.1) is 0 Å². The van der Waals surface area contributed by atoms with Crippen LogP contribution in [0.2, 0.25) is 0 Å². The van der Waals surface area contributed by atoms with Crippen molar-refractivity contribution in [2.75, 3.05) is 20.1 Å². The van der Waals surface area contributed by atoms with Crippen LogP contribution in [0.4, 0.5) is 0 Å². The molecule has 3 rings (SSSR count). The molecule has 1 fully saturated rings. The van der Waals surface area contributed by atoms with Gasteiger partial charge in [0.2, 0.25) is 0 Å². The SMILES string of the molecule is C[C@@H](Oc1ccc2c(c1)CCC2)C(=O)NC1CCN(C)CC1. The van der Waals surface area contributed by atoms with Gasteiger partial charge in [0.15, 0.2) is 6.10 Å². The van der Waals surface area contributed by atoms with Gasteiger partial charge < -0.3 is 15.0 Å². The highest BCUT2D eigenvalue weighted by atomic mass is 16.5. The molecule has 1 amide bonds. The van der Waals surface area contributed by atoms with Gasteiger partial charge in [0, 0.05) is 6.04 Å². The Morgan fingerprint density at radius 2 is 2.00 bits per heavy atom. The van der Waals surface area contributed by atoms with Crippen molar-refractivity contribution in [2.45, 2.75) is 51.2 Å². The second-order valence-electron chi connectivity index (χ2n) is 6.63. The highest BCUT2D eigenvalue weighted by molar-refractivity contribution is 5.81. The fourth-order valence-corrected chi connectivity index (χ4v) is 3.35. The Morgan fingerprint density at radius 3 is 2.77 bits per heavy atom. The maximum Gasteiger partial charge on any atom is 0.260 e. The molecule has 1 aromatic carbocycles. The lowest BCUT2D eigenvalue weighted by atomic mass is 10.1. The number of hydrogen-bond donors (Lipinski definition) is 1. The summed E-state index contributed by atoms with van der Waals surface area (Å²) < 4.78 is 5.84. The van der Waals surface area contributed by atoms with Crippen molar-refractivity contribution in [1.29, 1.82) is 0 Å². The monoisotopic (exact) mass is 302 g/mol. The molecule has 0 radical (unpaired) electrons. The number of nitrogens with zero attached hydrogens (tertiary/aromatic N) is 1. The maximum absolute atomic E-state index is 12.3. The van der Waals surface area contributed by atoms with E-state index in [9.17, 15) is 4.79 Å². The summed E-state index contributed by atoms with van der Waals surface area (Å²) in [6.45, 7) is 3.92. The summed E-state index contributed by atoms with van der Waals surface area (Å²) in [4.78, 5) is 14.6. The Hall–Kier alpha value is -1.55. The van der Waals surface area contributed by atoms with E-state index in [-0.39, 0.29) is 11.9 Å². The number of piperidine rings is 1. The van der Waals surface area contributed by atoms with E-state index >= 15 is 0 Å². The number of rotatable bonds is 4. The average molecular weight is 302 g/mol. The zero-order valence-electron chi connectivity index (χ0n) is 13.6. The van der Waals surface area contributed by atoms with Crippen LogP contribution in [0.1, 0.15) is 37.3 Å². The van der Waals surface area contributed by atoms with E-state index in [0.717, 1.165) is 38.1 Å². The van der Waals surface area contributed by atoms with Crippen LogP contribution in [0.5, 0.6) is 5.75 Å². The third-order valence-electron chi connectivity index (χ3n) is 4.82. The van der Waals surface area contributed by atoms with E-state index in [1.807, 2.05) is 13.0 Å². The molecule has 120 valence electrons. The van der Waals surface area contributed by atoms with Crippen molar-refractivity contribution in [1.82, 2.24) is 10.2 Å². The van der Waals surface area contributed by atoms with Crippen LogP contribution in [-0.2, 0) is 17.6 Å². The van der Waals surface area contributed by atoms with Gasteiger partial charge in [-0.05, 0) is 82.4 Å². The summed E-state index contributed by atoms with van der Waals surface area (Å²) >= 11 is 0. The lowest BCUT2D eigenvalue weighted by molar-refractivity contribution is -0.128. The molecule has 1 saturated heterocycles. The van der Waals surface area contributed by atoms with Gasteiger partial charge in [0.1, 0.15) is 5.75 Å². The maximum atomic E-state index is 12.3. The fraction of sp³-hybridized carbons (Fsp3) is 0.611. The lowest BCUT2D eigenvalue weighted by Crippen LogP contribution is -2.47. The molecule has 22 heavy (non-hydrogen) atoms. The first-order valence-corrected chi connectivity index (χ1v) is 8.39. The molecule has 1 aliphatic carbocycles. The van der Waals surface area contributed by atoms with Crippen molar-refractivity contribution in [3.8, 4) is 5.75 Å². The van der Waals surface area contributed by atoms with Gasteiger partial charge >= 0.3 is 0 Å². The molecule has 1 atom stereocenters. The predicted octanol–water partition coefficient (Wildman–Crippen LogP) is 2.15. The second-order valence-corrected chi connectivity index (χ2v) is 6.63. The second kappa shape index (κ2) is 6.69. The molecule has 4 heteroatoms. The fourth-order valence-electron chi connectivity index (χ4n) is 3.35. The molecule has 1 aliphatic heterocycles. The van der Waals surface area contributed by atoms with Gasteiger partial charge in [-0.2, -0.15) is 0 Å². The zero-order valence-corrected chi connectivity index (χ0v) is 13.6. The molecular weight excluding hydrogens is 276 g/mol. The highest BCUT2D eigenvalue weighted by Crippen LogP contribution is 2.26. The van der Waals surface area contributed by atoms with Crippen molar-refractivity contribution >= 4 is 5.91 Å². The van der Waals surface area contributed by atoms with Crippen LogP contribution in [-0.4, -0.2) is 43.1 Å². The third-order valence-corrected chi connectivity index (χ3v) is 4.82. The van der Waals surface area contributed by atoms with E-state index < -0.39 is 6.10 Å². The summed E-state index contributed by atoms with van der Waals surface area (Å²) in [6.07, 6.45) is 5.12. The molecular formula is C18H26N2O2. The summed E-state index contributed by atoms with van der Waals surface area (Å²) in [7, 11) is 2.12. The van der Waals surface area contributed by atoms with Crippen LogP contribution in [0.3, 0.4) is 0 Å². The van der Waals surface area contributed by atoms with Gasteiger partial charge in [-0.1, -0.05) is 6.07 Å². The number of nitrogens with one attached hydrogen (secondary N) is 1. The first-order chi connectivity index (χ1) is 10.6. The van der Waals surface area contributed by atoms with Gasteiger partial charge in [-0.15, -0.1) is 0 Å². The highest BCUT2D eigenvalue weighted by Gasteiger charge is 2.22. The molecule has 0 aromatic heterocycles. The molecule has 0 unspecified atom stereocenters. The number of aryl methyl sites for hydroxylation is 2. The Kier molecular flexibility index (Phi) is 4.67. The molecule has 0 bridgehead atoms. The zero-order chi connectivity index (χ0) is 15.5. The predicted molar refractivity (Wildman–Crippen MR) is 87.2 cm³/mol. The Bertz CT molecular complexity index is 536. The molecule has 1 N–H and O–H groups in total. The number of likely N-dealkylation sites (tertiary alicyclic amines) is 1. The van der Waals surface area contributed by atoms with E-state index in [4.69, 9.17) is 4.74 Å². The van der Waals surface area contributed by atoms with E-state index in [0.29, 0.717) is 0 Å². The molecule has 1 aromatic rings. The smallest absolute Gasteiger partial charge is 0.260 e. The summed E-state index contributed by atoms with van der Waals surface area (Å²) in [5.41, 5.74) is 2.80. The van der Waals surface area contributed by atoms with Crippen LogP contribution in [0.25, 0.3) is 0 Å². The van der Waals surface area contributed by atoms with E-state index in [1.165, 1.54) is 24.0 Å². The van der Waals surface area contributed by atoms with Gasteiger partial charge in [-0.25, -0.2) is 0 Å². The number of fused-ring (bicyclic) bond motifs is 1. The van der Waals surface area contributed by atoms with Crippen LogP contribution < -0.4 is 10.1 Å². The average Bonchev–Trinajstić information content (AvgIpc) is 2.97. The number of amides is 1. The molecule has 0 saturated carbocycles. The first-order valence-electron chi connectivity index (χ1n) is 8.39. The Morgan fingerprint density at radius 1 is 1.27 bits per heavy atom. The van der Waals surface area contributed by atoms with Crippen molar-refractivity contribution in [3.63, 3.8) is 0 Å². The molecule has 0 spiro atoms. The van der Waals surface area contributed by atoms with Gasteiger partial charge in [0.25, 0.3) is 5.91 Å². The summed E-state index contributed by atoms with van der Waals surface area (Å²) in [5.74, 6) is 0.807. The normalized spacial score (nSPS) is 20.5. The topological polar surface area (TPSA) is 41.6 Å². The van der Waals surface area contributed by atoms with Crippen LogP contribution >= 0.6 is 0 Å². The van der Waals surface area contributed by atoms with Crippen molar-refractivity contribution < 1.29 is 9.53 Å². The third kappa shape index (κ3) is 3.61. The van der Waals surface area contributed by atoms with E-state index in [2.05, 4.69) is 29.4 Å². The first kappa shape index (κ1) is 15.3. The van der Waals surface area contributed by atoms with Crippen molar-refractivity contribution in [2.24, 2.45) is 0 Å². The standard InChI is InChI=1S/C18H26N2O2/c1-13(18(21)19-16-8-10-20(2)11-9-16)22-17-7-6-14-4-3-5-15(14)12-17/h6-7,12-13,16H,3-5,8-11H2,1-2H3,(H,19,21)/t13-/m1/s1. The number of carbonyl (C=O) groups excluding carboxylic acids is 1. The number of carbonyl (C=O) groups is 1. The number of benzene rings is 1. The quantitative estimate of drug-likeness (QED) is 0.926. The molecule has 1 heterocycles. The lowest BCUT2D eigenvalue weighted by Gasteiger charge is -2.30. The van der Waals surface area contributed by atoms with Crippen LogP contribution in [0.15, 0.2) is 18.2 Å². The summed E-state index contributed by atoms with van der Waals surface area (Å²) in [6, 6.07) is 6.51. The number of ether oxygens (including phenoxy) is 1.